The van der Waals surface area contributed by atoms with Gasteiger partial charge in [-0.15, -0.1) is 0 Å². The number of aliphatic hydroxyl groups excluding tert-OH is 1. The van der Waals surface area contributed by atoms with E-state index in [1.165, 1.54) is 12.0 Å². The number of likely N-dealkylation sites (tertiary alicyclic amines) is 1. The quantitative estimate of drug-likeness (QED) is 0.677. The van der Waals surface area contributed by atoms with Crippen LogP contribution in [0.1, 0.15) is 36.8 Å². The van der Waals surface area contributed by atoms with E-state index in [1.54, 1.807) is 0 Å². The predicted octanol–water partition coefficient (Wildman–Crippen LogP) is 2.66. The lowest BCUT2D eigenvalue weighted by molar-refractivity contribution is 0.157. The second kappa shape index (κ2) is 8.89. The van der Waals surface area contributed by atoms with Crippen LogP contribution < -0.4 is 10.6 Å². The van der Waals surface area contributed by atoms with Gasteiger partial charge in [0.15, 0.2) is 0 Å². The summed E-state index contributed by atoms with van der Waals surface area (Å²) in [4.78, 5) is 14.3. The monoisotopic (exact) mass is 319 g/mol. The van der Waals surface area contributed by atoms with Gasteiger partial charge in [0.1, 0.15) is 0 Å². The first-order valence-corrected chi connectivity index (χ1v) is 8.58. The minimum atomic E-state index is -0.145. The number of hydrogen-bond donors (Lipinski definition) is 3. The number of carbonyl (C=O) groups is 1. The lowest BCUT2D eigenvalue weighted by Gasteiger charge is -2.22. The van der Waals surface area contributed by atoms with E-state index in [1.807, 2.05) is 32.0 Å². The summed E-state index contributed by atoms with van der Waals surface area (Å²) in [6.07, 6.45) is 4.28. The average molecular weight is 319 g/mol. The number of anilines is 1. The van der Waals surface area contributed by atoms with Gasteiger partial charge in [-0.2, -0.15) is 0 Å². The number of unbranched alkanes of at least 4 members (excludes halogenated alkanes) is 1. The lowest BCUT2D eigenvalue weighted by atomic mass is 10.1. The minimum absolute atomic E-state index is 0.145. The van der Waals surface area contributed by atoms with Crippen molar-refractivity contribution < 1.29 is 9.90 Å². The highest BCUT2D eigenvalue weighted by molar-refractivity contribution is 5.90. The fourth-order valence-electron chi connectivity index (χ4n) is 3.09. The Kier molecular flexibility index (Phi) is 6.86. The lowest BCUT2D eigenvalue weighted by Crippen LogP contribution is -2.34. The maximum absolute atomic E-state index is 11.9. The van der Waals surface area contributed by atoms with Crippen LogP contribution in [-0.2, 0) is 0 Å². The molecule has 1 fully saturated rings. The fourth-order valence-corrected chi connectivity index (χ4v) is 3.09. The van der Waals surface area contributed by atoms with E-state index in [9.17, 15) is 9.90 Å². The van der Waals surface area contributed by atoms with Crippen LogP contribution in [0.15, 0.2) is 18.2 Å². The third kappa shape index (κ3) is 5.22. The number of rotatable bonds is 7. The van der Waals surface area contributed by atoms with Gasteiger partial charge in [-0.25, -0.2) is 4.79 Å². The molecule has 23 heavy (non-hydrogen) atoms. The first-order chi connectivity index (χ1) is 11.1. The van der Waals surface area contributed by atoms with Gasteiger partial charge in [0.05, 0.1) is 6.61 Å². The Morgan fingerprint density at radius 2 is 2.17 bits per heavy atom. The van der Waals surface area contributed by atoms with Crippen LogP contribution in [0.25, 0.3) is 0 Å². The number of hydrogen-bond acceptors (Lipinski definition) is 3. The van der Waals surface area contributed by atoms with Gasteiger partial charge >= 0.3 is 6.03 Å². The number of urea groups is 1. The zero-order valence-electron chi connectivity index (χ0n) is 14.3. The first kappa shape index (κ1) is 17.8. The number of benzene rings is 1. The summed E-state index contributed by atoms with van der Waals surface area (Å²) < 4.78 is 0. The molecular weight excluding hydrogens is 290 g/mol. The Morgan fingerprint density at radius 3 is 2.96 bits per heavy atom. The molecule has 3 N–H and O–H groups in total. The summed E-state index contributed by atoms with van der Waals surface area (Å²) in [5.74, 6) is 0. The summed E-state index contributed by atoms with van der Waals surface area (Å²) in [7, 11) is 0. The largest absolute Gasteiger partial charge is 0.395 e. The molecule has 5 heteroatoms. The molecule has 0 radical (unpaired) electrons. The van der Waals surface area contributed by atoms with Gasteiger partial charge < -0.3 is 15.7 Å². The maximum atomic E-state index is 11.9. The molecule has 1 aliphatic heterocycles. The molecule has 2 amide bonds. The van der Waals surface area contributed by atoms with E-state index < -0.39 is 0 Å². The SMILES string of the molecule is Cc1cccc(NC(=O)NCCCCN2CCCC2CO)c1C. The molecule has 1 unspecified atom stereocenters. The topological polar surface area (TPSA) is 64.6 Å². The second-order valence-corrected chi connectivity index (χ2v) is 6.35. The van der Waals surface area contributed by atoms with E-state index in [2.05, 4.69) is 15.5 Å². The van der Waals surface area contributed by atoms with Gasteiger partial charge in [0, 0.05) is 18.3 Å². The van der Waals surface area contributed by atoms with Crippen LogP contribution in [0.2, 0.25) is 0 Å². The Hall–Kier alpha value is -1.59. The van der Waals surface area contributed by atoms with Gasteiger partial charge in [0.25, 0.3) is 0 Å². The number of nitrogens with one attached hydrogen (secondary N) is 2. The molecule has 2 rings (SSSR count). The Morgan fingerprint density at radius 1 is 1.35 bits per heavy atom. The maximum Gasteiger partial charge on any atom is 0.319 e. The zero-order valence-corrected chi connectivity index (χ0v) is 14.3. The van der Waals surface area contributed by atoms with Crippen LogP contribution in [0.3, 0.4) is 0 Å². The third-order valence-electron chi connectivity index (χ3n) is 4.72. The van der Waals surface area contributed by atoms with Crippen LogP contribution in [-0.4, -0.2) is 48.3 Å². The zero-order chi connectivity index (χ0) is 16.7. The summed E-state index contributed by atoms with van der Waals surface area (Å²) in [5, 5.41) is 15.1. The summed E-state index contributed by atoms with van der Waals surface area (Å²) in [6, 6.07) is 6.11. The van der Waals surface area contributed by atoms with Crippen molar-refractivity contribution in [3.05, 3.63) is 29.3 Å². The number of aliphatic hydroxyl groups is 1. The van der Waals surface area contributed by atoms with E-state index in [0.29, 0.717) is 12.6 Å². The van der Waals surface area contributed by atoms with Crippen molar-refractivity contribution in [1.82, 2.24) is 10.2 Å². The molecule has 0 bridgehead atoms. The summed E-state index contributed by atoms with van der Waals surface area (Å²) >= 11 is 0. The highest BCUT2D eigenvalue weighted by Crippen LogP contribution is 2.18. The molecule has 5 nitrogen and oxygen atoms in total. The molecule has 1 atom stereocenters. The van der Waals surface area contributed by atoms with Crippen LogP contribution in [0.4, 0.5) is 10.5 Å². The smallest absolute Gasteiger partial charge is 0.319 e. The summed E-state index contributed by atoms with van der Waals surface area (Å²) in [5.41, 5.74) is 3.14. The summed E-state index contributed by atoms with van der Waals surface area (Å²) in [6.45, 7) is 7.08. The van der Waals surface area contributed by atoms with Gasteiger partial charge in [-0.1, -0.05) is 12.1 Å². The Labute approximate surface area is 139 Å². The van der Waals surface area contributed by atoms with Crippen molar-refractivity contribution in [1.29, 1.82) is 0 Å². The Bertz CT molecular complexity index is 519. The molecule has 128 valence electrons. The first-order valence-electron chi connectivity index (χ1n) is 8.58. The molecule has 0 aromatic heterocycles. The third-order valence-corrected chi connectivity index (χ3v) is 4.72. The highest BCUT2D eigenvalue weighted by Gasteiger charge is 2.22. The molecule has 1 aliphatic rings. The van der Waals surface area contributed by atoms with Crippen LogP contribution >= 0.6 is 0 Å². The molecule has 1 heterocycles. The van der Waals surface area contributed by atoms with E-state index in [0.717, 1.165) is 43.6 Å². The standard InChI is InChI=1S/C18H29N3O2/c1-14-7-5-9-17(15(14)2)20-18(23)19-10-3-4-11-21-12-6-8-16(21)13-22/h5,7,9,16,22H,3-4,6,8,10-13H2,1-2H3,(H2,19,20,23). The van der Waals surface area contributed by atoms with Crippen molar-refractivity contribution in [2.75, 3.05) is 31.6 Å². The van der Waals surface area contributed by atoms with Gasteiger partial charge in [-0.3, -0.25) is 4.90 Å². The number of amides is 2. The van der Waals surface area contributed by atoms with Crippen molar-refractivity contribution in [3.63, 3.8) is 0 Å². The molecule has 0 saturated carbocycles. The Balaban J connectivity index is 1.62. The average Bonchev–Trinajstić information content (AvgIpc) is 2.99. The molecule has 1 saturated heterocycles. The molecule has 1 aromatic carbocycles. The number of aryl methyl sites for hydroxylation is 1. The van der Waals surface area contributed by atoms with E-state index >= 15 is 0 Å². The molecular formula is C18H29N3O2. The van der Waals surface area contributed by atoms with Gasteiger partial charge in [0.2, 0.25) is 0 Å². The second-order valence-electron chi connectivity index (χ2n) is 6.35. The minimum Gasteiger partial charge on any atom is -0.395 e. The van der Waals surface area contributed by atoms with Crippen molar-refractivity contribution in [2.45, 2.75) is 45.6 Å². The van der Waals surface area contributed by atoms with Gasteiger partial charge in [-0.05, 0) is 69.8 Å². The van der Waals surface area contributed by atoms with E-state index in [-0.39, 0.29) is 12.6 Å². The number of carbonyl (C=O) groups excluding carboxylic acids is 1. The highest BCUT2D eigenvalue weighted by atomic mass is 16.3. The van der Waals surface area contributed by atoms with Crippen molar-refractivity contribution in [2.24, 2.45) is 0 Å². The normalized spacial score (nSPS) is 18.1. The van der Waals surface area contributed by atoms with E-state index in [4.69, 9.17) is 0 Å². The van der Waals surface area contributed by atoms with Crippen LogP contribution in [0.5, 0.6) is 0 Å². The number of nitrogens with zero attached hydrogens (tertiary/aromatic N) is 1. The fraction of sp³-hybridized carbons (Fsp3) is 0.611. The predicted molar refractivity (Wildman–Crippen MR) is 93.9 cm³/mol. The molecule has 0 spiro atoms. The molecule has 0 aliphatic carbocycles. The van der Waals surface area contributed by atoms with Crippen LogP contribution in [0, 0.1) is 13.8 Å². The van der Waals surface area contributed by atoms with Crippen molar-refractivity contribution >= 4 is 11.7 Å². The van der Waals surface area contributed by atoms with Crippen molar-refractivity contribution in [3.8, 4) is 0 Å². The molecule has 1 aromatic rings.